The third kappa shape index (κ3) is 2.99. The molecule has 2 aromatic heterocycles. The molecule has 3 rings (SSSR count). The molecule has 3 heterocycles. The zero-order valence-electron chi connectivity index (χ0n) is 11.7. The minimum absolute atomic E-state index is 0.0908. The molecule has 0 saturated carbocycles. The molecular formula is C15H20N4O. The molecule has 2 N–H and O–H groups in total. The molecule has 20 heavy (non-hydrogen) atoms. The number of fused-ring (bicyclic) bond motifs is 1. The predicted molar refractivity (Wildman–Crippen MR) is 78.8 cm³/mol. The molecule has 0 aliphatic carbocycles. The van der Waals surface area contributed by atoms with Gasteiger partial charge < -0.3 is 15.0 Å². The van der Waals surface area contributed by atoms with Gasteiger partial charge in [-0.2, -0.15) is 0 Å². The van der Waals surface area contributed by atoms with Crippen LogP contribution in [0.5, 0.6) is 0 Å². The number of aromatic nitrogens is 2. The molecule has 0 aromatic carbocycles. The standard InChI is InChI=1S/C15H20N4O/c1-11-9-19-10-13(3-4-14(19)17-11)18-15(20)5-2-12-6-7-16-8-12/h3-4,9-10,12,16H,2,5-8H2,1H3,(H,18,20). The van der Waals surface area contributed by atoms with Gasteiger partial charge in [0.1, 0.15) is 5.65 Å². The van der Waals surface area contributed by atoms with Gasteiger partial charge in [-0.15, -0.1) is 0 Å². The largest absolute Gasteiger partial charge is 0.325 e. The normalized spacial score (nSPS) is 18.6. The number of pyridine rings is 1. The van der Waals surface area contributed by atoms with Crippen LogP contribution in [0, 0.1) is 12.8 Å². The summed E-state index contributed by atoms with van der Waals surface area (Å²) in [5, 5.41) is 6.29. The fourth-order valence-electron chi connectivity index (χ4n) is 2.71. The van der Waals surface area contributed by atoms with Crippen molar-refractivity contribution in [3.05, 3.63) is 30.2 Å². The number of carbonyl (C=O) groups excluding carboxylic acids is 1. The van der Waals surface area contributed by atoms with E-state index in [1.54, 1.807) is 0 Å². The van der Waals surface area contributed by atoms with Crippen molar-refractivity contribution in [3.8, 4) is 0 Å². The SMILES string of the molecule is Cc1cn2cc(NC(=O)CCC3CCNC3)ccc2n1. The van der Waals surface area contributed by atoms with Crippen LogP contribution < -0.4 is 10.6 Å². The molecule has 0 radical (unpaired) electrons. The van der Waals surface area contributed by atoms with Crippen molar-refractivity contribution in [2.24, 2.45) is 5.92 Å². The van der Waals surface area contributed by atoms with E-state index in [1.165, 1.54) is 6.42 Å². The maximum absolute atomic E-state index is 12.0. The first-order valence-corrected chi connectivity index (χ1v) is 7.16. The first-order valence-electron chi connectivity index (χ1n) is 7.16. The highest BCUT2D eigenvalue weighted by molar-refractivity contribution is 5.90. The van der Waals surface area contributed by atoms with Gasteiger partial charge in [0, 0.05) is 18.8 Å². The molecular weight excluding hydrogens is 252 g/mol. The first-order chi connectivity index (χ1) is 9.70. The van der Waals surface area contributed by atoms with Crippen LogP contribution in [0.15, 0.2) is 24.5 Å². The van der Waals surface area contributed by atoms with Gasteiger partial charge in [0.2, 0.25) is 5.91 Å². The Labute approximate surface area is 118 Å². The number of anilines is 1. The summed E-state index contributed by atoms with van der Waals surface area (Å²) in [5.41, 5.74) is 2.70. The smallest absolute Gasteiger partial charge is 0.224 e. The minimum atomic E-state index is 0.0908. The highest BCUT2D eigenvalue weighted by Crippen LogP contribution is 2.16. The summed E-state index contributed by atoms with van der Waals surface area (Å²) >= 11 is 0. The number of aryl methyl sites for hydroxylation is 1. The minimum Gasteiger partial charge on any atom is -0.325 e. The molecule has 1 aliphatic rings. The van der Waals surface area contributed by atoms with Crippen molar-refractivity contribution in [2.45, 2.75) is 26.2 Å². The van der Waals surface area contributed by atoms with E-state index in [4.69, 9.17) is 0 Å². The molecule has 5 heteroatoms. The third-order valence-electron chi connectivity index (χ3n) is 3.80. The molecule has 2 aromatic rings. The number of amides is 1. The lowest BCUT2D eigenvalue weighted by molar-refractivity contribution is -0.116. The van der Waals surface area contributed by atoms with Gasteiger partial charge in [-0.3, -0.25) is 4.79 Å². The van der Waals surface area contributed by atoms with Crippen molar-refractivity contribution >= 4 is 17.2 Å². The zero-order chi connectivity index (χ0) is 13.9. The van der Waals surface area contributed by atoms with Crippen LogP contribution in [0.2, 0.25) is 0 Å². The van der Waals surface area contributed by atoms with E-state index in [2.05, 4.69) is 15.6 Å². The summed E-state index contributed by atoms with van der Waals surface area (Å²) in [5.74, 6) is 0.743. The summed E-state index contributed by atoms with van der Waals surface area (Å²) in [6.45, 7) is 4.09. The summed E-state index contributed by atoms with van der Waals surface area (Å²) in [4.78, 5) is 16.3. The Kier molecular flexibility index (Phi) is 3.69. The van der Waals surface area contributed by atoms with Gasteiger partial charge in [-0.05, 0) is 50.9 Å². The van der Waals surface area contributed by atoms with Crippen molar-refractivity contribution < 1.29 is 4.79 Å². The maximum Gasteiger partial charge on any atom is 0.224 e. The van der Waals surface area contributed by atoms with E-state index < -0.39 is 0 Å². The van der Waals surface area contributed by atoms with Crippen LogP contribution in [-0.4, -0.2) is 28.4 Å². The number of imidazole rings is 1. The number of hydrogen-bond acceptors (Lipinski definition) is 3. The van der Waals surface area contributed by atoms with E-state index in [-0.39, 0.29) is 5.91 Å². The molecule has 1 aliphatic heterocycles. The van der Waals surface area contributed by atoms with Gasteiger partial charge >= 0.3 is 0 Å². The Balaban J connectivity index is 1.58. The molecule has 1 atom stereocenters. The second-order valence-corrected chi connectivity index (χ2v) is 5.51. The molecule has 0 spiro atoms. The van der Waals surface area contributed by atoms with Gasteiger partial charge in [0.05, 0.1) is 11.4 Å². The lowest BCUT2D eigenvalue weighted by atomic mass is 10.0. The van der Waals surface area contributed by atoms with E-state index in [9.17, 15) is 4.79 Å². The molecule has 1 fully saturated rings. The third-order valence-corrected chi connectivity index (χ3v) is 3.80. The van der Waals surface area contributed by atoms with E-state index >= 15 is 0 Å². The van der Waals surface area contributed by atoms with Crippen LogP contribution >= 0.6 is 0 Å². The molecule has 1 unspecified atom stereocenters. The fraction of sp³-hybridized carbons (Fsp3) is 0.467. The average Bonchev–Trinajstić information content (AvgIpc) is 3.04. The lowest BCUT2D eigenvalue weighted by Gasteiger charge is -2.09. The summed E-state index contributed by atoms with van der Waals surface area (Å²) in [6, 6.07) is 3.82. The zero-order valence-corrected chi connectivity index (χ0v) is 11.7. The van der Waals surface area contributed by atoms with Crippen molar-refractivity contribution in [2.75, 3.05) is 18.4 Å². The number of rotatable bonds is 4. The molecule has 1 amide bonds. The maximum atomic E-state index is 12.0. The Morgan fingerprint density at radius 2 is 2.40 bits per heavy atom. The van der Waals surface area contributed by atoms with Gasteiger partial charge in [-0.25, -0.2) is 4.98 Å². The van der Waals surface area contributed by atoms with E-state index in [0.29, 0.717) is 12.3 Å². The van der Waals surface area contributed by atoms with E-state index in [1.807, 2.05) is 35.9 Å². The Bertz CT molecular complexity index is 613. The van der Waals surface area contributed by atoms with Gasteiger partial charge in [0.25, 0.3) is 0 Å². The van der Waals surface area contributed by atoms with Crippen LogP contribution in [0.4, 0.5) is 5.69 Å². The quantitative estimate of drug-likeness (QED) is 0.894. The second kappa shape index (κ2) is 5.63. The lowest BCUT2D eigenvalue weighted by Crippen LogP contribution is -2.15. The predicted octanol–water partition coefficient (Wildman–Crippen LogP) is 1.97. The summed E-state index contributed by atoms with van der Waals surface area (Å²) in [6.07, 6.45) is 6.60. The molecule has 1 saturated heterocycles. The van der Waals surface area contributed by atoms with Crippen molar-refractivity contribution in [1.82, 2.24) is 14.7 Å². The van der Waals surface area contributed by atoms with Crippen LogP contribution in [0.3, 0.4) is 0 Å². The highest BCUT2D eigenvalue weighted by Gasteiger charge is 2.15. The van der Waals surface area contributed by atoms with Crippen LogP contribution in [-0.2, 0) is 4.79 Å². The number of carbonyl (C=O) groups is 1. The summed E-state index contributed by atoms with van der Waals surface area (Å²) < 4.78 is 1.94. The molecule has 0 bridgehead atoms. The number of hydrogen-bond donors (Lipinski definition) is 2. The summed E-state index contributed by atoms with van der Waals surface area (Å²) in [7, 11) is 0. The second-order valence-electron chi connectivity index (χ2n) is 5.51. The van der Waals surface area contributed by atoms with E-state index in [0.717, 1.165) is 36.5 Å². The Morgan fingerprint density at radius 3 is 3.20 bits per heavy atom. The average molecular weight is 272 g/mol. The number of nitrogens with zero attached hydrogens (tertiary/aromatic N) is 2. The van der Waals surface area contributed by atoms with Crippen LogP contribution in [0.1, 0.15) is 25.0 Å². The topological polar surface area (TPSA) is 58.4 Å². The first kappa shape index (κ1) is 13.1. The molecule has 5 nitrogen and oxygen atoms in total. The van der Waals surface area contributed by atoms with Crippen molar-refractivity contribution in [3.63, 3.8) is 0 Å². The van der Waals surface area contributed by atoms with Crippen molar-refractivity contribution in [1.29, 1.82) is 0 Å². The van der Waals surface area contributed by atoms with Gasteiger partial charge in [0.15, 0.2) is 0 Å². The highest BCUT2D eigenvalue weighted by atomic mass is 16.1. The number of nitrogens with one attached hydrogen (secondary N) is 2. The monoisotopic (exact) mass is 272 g/mol. The fourth-order valence-corrected chi connectivity index (χ4v) is 2.71. The Morgan fingerprint density at radius 1 is 1.50 bits per heavy atom. The van der Waals surface area contributed by atoms with Crippen LogP contribution in [0.25, 0.3) is 5.65 Å². The Hall–Kier alpha value is -1.88. The molecule has 106 valence electrons. The van der Waals surface area contributed by atoms with Gasteiger partial charge in [-0.1, -0.05) is 0 Å².